The number of Topliss-reactive ketones (excluding diaryl/α,β-unsaturated/α-hetero) is 3. The number of methoxy groups -OCH3 is 1. The molecule has 69 heavy (non-hydrogen) atoms. The number of aliphatic hydroxyl groups excluding tert-OH is 3. The molecule has 3 aliphatic heterocycles. The van der Waals surface area contributed by atoms with E-state index in [-0.39, 0.29) is 86.2 Å². The molecule has 4 heterocycles. The number of cyclic esters (lactones) is 1. The number of aliphatic hydroxyl groups is 4. The number of nitrogens with zero attached hydrogens (tertiary/aromatic N) is 5. The first-order chi connectivity index (χ1) is 32.8. The molecule has 17 nitrogen and oxygen atoms in total. The molecule has 1 aliphatic carbocycles. The number of hydrogen-bond donors (Lipinski definition) is 4. The lowest BCUT2D eigenvalue weighted by Crippen LogP contribution is -2.60. The summed E-state index contributed by atoms with van der Waals surface area (Å²) in [7, 11) is 1.37. The summed E-state index contributed by atoms with van der Waals surface area (Å²) >= 11 is 0. The Balaban J connectivity index is 1.46. The summed E-state index contributed by atoms with van der Waals surface area (Å²) in [5.41, 5.74) is 1.22. The topological polar surface area (TPSA) is 241 Å². The van der Waals surface area contributed by atoms with Crippen molar-refractivity contribution >= 4 is 29.2 Å². The van der Waals surface area contributed by atoms with Crippen LogP contribution in [0, 0.1) is 47.3 Å². The molecular formula is C52H79N5O12. The largest absolute Gasteiger partial charge is 0.460 e. The Kier molecular flexibility index (Phi) is 20.8. The Hall–Kier alpha value is -4.26. The van der Waals surface area contributed by atoms with Crippen molar-refractivity contribution in [2.75, 3.05) is 26.9 Å². The second-order valence-corrected chi connectivity index (χ2v) is 20.7. The average molecular weight is 966 g/mol. The van der Waals surface area contributed by atoms with Gasteiger partial charge in [-0.05, 0) is 118 Å². The number of carbonyl (C=O) groups excluding carboxylic acids is 5. The number of allylic oxidation sites excluding steroid dienone is 6. The smallest absolute Gasteiger partial charge is 0.329 e. The van der Waals surface area contributed by atoms with Gasteiger partial charge in [0.25, 0.3) is 11.7 Å². The fraction of sp³-hybridized carbons (Fsp3) is 0.731. The molecule has 5 rings (SSSR count). The standard InChI is InChI=1S/C52H79N5O12/c1-31-14-10-9-11-15-32(2)39(28-58)26-41-19-17-37(7)52(66,69-41)49(63)50(64)56-21-13-12-16-43(56)51(65)68-45(34(4)24-38-18-20-42(40(25-38)29-59)57-30-53-54-55-57)27-44(60)33(3)23-36(6)47(62)48(67-8)46(61)35(5)22-31/h9-11,14-15,23,30-31,33-35,37-43,45,47-48,58-59,62,66H,12-13,16-22,24-29H2,1-8H3/t31-,33-,34-,35-,37-,38+,39-,40+,41+,42+,43+,45+,47-,48+,52-/m1/s1. The highest BCUT2D eigenvalue weighted by molar-refractivity contribution is 6.39. The highest BCUT2D eigenvalue weighted by Gasteiger charge is 2.53. The minimum Gasteiger partial charge on any atom is -0.460 e. The Bertz CT molecular complexity index is 2020. The number of fused-ring (bicyclic) bond motifs is 3. The number of aromatic nitrogens is 4. The van der Waals surface area contributed by atoms with E-state index in [0.717, 1.165) is 12.0 Å². The third-order valence-corrected chi connectivity index (χ3v) is 15.4. The van der Waals surface area contributed by atoms with Crippen LogP contribution in [0.2, 0.25) is 0 Å². The van der Waals surface area contributed by atoms with Crippen molar-refractivity contribution in [3.8, 4) is 0 Å². The van der Waals surface area contributed by atoms with Crippen molar-refractivity contribution in [3.05, 3.63) is 53.9 Å². The van der Waals surface area contributed by atoms with Crippen LogP contribution in [0.15, 0.2) is 53.9 Å². The number of amides is 1. The predicted molar refractivity (Wildman–Crippen MR) is 256 cm³/mol. The number of esters is 1. The molecule has 1 saturated carbocycles. The van der Waals surface area contributed by atoms with Crippen molar-refractivity contribution in [2.45, 2.75) is 168 Å². The van der Waals surface area contributed by atoms with Gasteiger partial charge in [-0.1, -0.05) is 76.6 Å². The monoisotopic (exact) mass is 966 g/mol. The SMILES string of the molecule is CO[C@H]1C(=O)[C@H](C)C[C@H](C)C=CC=CC=C(C)[C@@H](CO)C[C@@H]2CC[C@@H](C)[C@@](O)(O2)C(=O)C(=O)N2CCCC[C@H]2C(=O)O[C@H]([C@H](C)C[C@@H]2CC[C@H](n3cnnn3)[C@H](CO)C2)CC(=O)[C@H](C)C=C(C)[C@H]1O. The van der Waals surface area contributed by atoms with Crippen molar-refractivity contribution in [2.24, 2.45) is 47.3 Å². The zero-order chi connectivity index (χ0) is 50.6. The zero-order valence-corrected chi connectivity index (χ0v) is 42.0. The second-order valence-electron chi connectivity index (χ2n) is 20.7. The Labute approximate surface area is 407 Å². The minimum absolute atomic E-state index is 0.00322. The molecule has 1 aromatic heterocycles. The first kappa shape index (κ1) is 55.7. The minimum atomic E-state index is -2.47. The van der Waals surface area contributed by atoms with Gasteiger partial charge in [-0.3, -0.25) is 19.2 Å². The van der Waals surface area contributed by atoms with E-state index in [1.165, 1.54) is 12.0 Å². The van der Waals surface area contributed by atoms with Crippen LogP contribution >= 0.6 is 0 Å². The van der Waals surface area contributed by atoms with Gasteiger partial charge in [0.2, 0.25) is 5.79 Å². The Morgan fingerprint density at radius 2 is 1.67 bits per heavy atom. The quantitative estimate of drug-likeness (QED) is 0.155. The molecule has 4 N–H and O–H groups in total. The normalized spacial score (nSPS) is 36.3. The molecule has 1 aromatic rings. The van der Waals surface area contributed by atoms with Gasteiger partial charge < -0.3 is 39.5 Å². The van der Waals surface area contributed by atoms with Crippen LogP contribution in [0.1, 0.15) is 132 Å². The molecule has 1 amide bonds. The summed E-state index contributed by atoms with van der Waals surface area (Å²) in [5.74, 6) is -8.73. The van der Waals surface area contributed by atoms with E-state index < -0.39 is 71.7 Å². The lowest BCUT2D eigenvalue weighted by Gasteiger charge is -2.43. The molecule has 0 aromatic carbocycles. The predicted octanol–water partition coefficient (Wildman–Crippen LogP) is 5.23. The summed E-state index contributed by atoms with van der Waals surface area (Å²) in [5, 5.41) is 55.9. The van der Waals surface area contributed by atoms with Gasteiger partial charge in [-0.2, -0.15) is 0 Å². The van der Waals surface area contributed by atoms with E-state index in [9.17, 15) is 44.4 Å². The number of hydrogen-bond acceptors (Lipinski definition) is 15. The van der Waals surface area contributed by atoms with Crippen molar-refractivity contribution in [1.29, 1.82) is 0 Å². The van der Waals surface area contributed by atoms with Crippen LogP contribution in [-0.4, -0.2) is 138 Å². The van der Waals surface area contributed by atoms with Crippen molar-refractivity contribution < 1.29 is 58.6 Å². The first-order valence-corrected chi connectivity index (χ1v) is 25.2. The molecule has 0 radical (unpaired) electrons. The molecule has 15 atom stereocenters. The van der Waals surface area contributed by atoms with Gasteiger partial charge in [0.05, 0.1) is 12.1 Å². The van der Waals surface area contributed by atoms with E-state index in [0.29, 0.717) is 56.9 Å². The number of tetrazole rings is 1. The summed E-state index contributed by atoms with van der Waals surface area (Å²) in [6.07, 6.45) is 13.9. The van der Waals surface area contributed by atoms with Crippen LogP contribution in [0.4, 0.5) is 0 Å². The second kappa shape index (κ2) is 25.7. The molecular weight excluding hydrogens is 887 g/mol. The van der Waals surface area contributed by atoms with Crippen LogP contribution < -0.4 is 0 Å². The average Bonchev–Trinajstić information content (AvgIpc) is 3.88. The van der Waals surface area contributed by atoms with Gasteiger partial charge in [0.15, 0.2) is 5.78 Å². The first-order valence-electron chi connectivity index (χ1n) is 25.2. The lowest BCUT2D eigenvalue weighted by molar-refractivity contribution is -0.265. The third kappa shape index (κ3) is 14.2. The van der Waals surface area contributed by atoms with E-state index in [1.807, 2.05) is 51.2 Å². The van der Waals surface area contributed by atoms with E-state index in [2.05, 4.69) is 15.5 Å². The maximum atomic E-state index is 14.5. The van der Waals surface area contributed by atoms with Gasteiger partial charge >= 0.3 is 5.97 Å². The molecule has 4 aliphatic rings. The molecule has 0 spiro atoms. The molecule has 0 unspecified atom stereocenters. The summed E-state index contributed by atoms with van der Waals surface area (Å²) < 4.78 is 19.7. The van der Waals surface area contributed by atoms with Gasteiger partial charge in [0, 0.05) is 62.9 Å². The maximum absolute atomic E-state index is 14.5. The Morgan fingerprint density at radius 1 is 0.913 bits per heavy atom. The lowest BCUT2D eigenvalue weighted by atomic mass is 9.74. The highest BCUT2D eigenvalue weighted by atomic mass is 16.6. The highest BCUT2D eigenvalue weighted by Crippen LogP contribution is 2.41. The zero-order valence-electron chi connectivity index (χ0n) is 42.0. The maximum Gasteiger partial charge on any atom is 0.329 e. The van der Waals surface area contributed by atoms with Crippen LogP contribution in [0.3, 0.4) is 0 Å². The number of piperidine rings is 1. The van der Waals surface area contributed by atoms with Crippen LogP contribution in [-0.2, 0) is 38.2 Å². The fourth-order valence-corrected chi connectivity index (χ4v) is 10.9. The molecule has 2 saturated heterocycles. The number of ether oxygens (including phenoxy) is 3. The molecule has 17 heteroatoms. The molecule has 3 fully saturated rings. The van der Waals surface area contributed by atoms with Gasteiger partial charge in [0.1, 0.15) is 36.5 Å². The van der Waals surface area contributed by atoms with E-state index in [4.69, 9.17) is 14.2 Å². The summed E-state index contributed by atoms with van der Waals surface area (Å²) in [4.78, 5) is 72.2. The number of ketones is 3. The van der Waals surface area contributed by atoms with Crippen LogP contribution in [0.25, 0.3) is 0 Å². The van der Waals surface area contributed by atoms with Crippen molar-refractivity contribution in [3.63, 3.8) is 0 Å². The Morgan fingerprint density at radius 3 is 2.35 bits per heavy atom. The number of rotatable bonds is 7. The molecule has 384 valence electrons. The van der Waals surface area contributed by atoms with Crippen molar-refractivity contribution in [1.82, 2.24) is 25.1 Å². The number of carbonyl (C=O) groups is 5. The molecule has 2 bridgehead atoms. The van der Waals surface area contributed by atoms with Gasteiger partial charge in [-0.15, -0.1) is 5.10 Å². The summed E-state index contributed by atoms with van der Waals surface area (Å²) in [6, 6.07) is -1.25. The third-order valence-electron chi connectivity index (χ3n) is 15.4. The van der Waals surface area contributed by atoms with Gasteiger partial charge in [-0.25, -0.2) is 9.48 Å². The van der Waals surface area contributed by atoms with E-state index in [1.54, 1.807) is 44.8 Å². The van der Waals surface area contributed by atoms with Crippen LogP contribution in [0.5, 0.6) is 0 Å². The summed E-state index contributed by atoms with van der Waals surface area (Å²) in [6.45, 7) is 12.3. The fourth-order valence-electron chi connectivity index (χ4n) is 10.9. The van der Waals surface area contributed by atoms with E-state index >= 15 is 0 Å².